The van der Waals surface area contributed by atoms with Crippen LogP contribution in [0.3, 0.4) is 0 Å². The fourth-order valence-corrected chi connectivity index (χ4v) is 1.87. The first-order valence-corrected chi connectivity index (χ1v) is 6.01. The number of rotatable bonds is 4. The number of amides is 1. The predicted octanol–water partition coefficient (Wildman–Crippen LogP) is 1.06. The summed E-state index contributed by atoms with van der Waals surface area (Å²) in [5, 5.41) is 12.3. The summed E-state index contributed by atoms with van der Waals surface area (Å²) in [4.78, 5) is 11.2. The SMILES string of the molecule is COC(=O)NC(Cc1ccc2c(c1)OCO2)C(C)O. The van der Waals surface area contributed by atoms with E-state index in [2.05, 4.69) is 10.1 Å². The number of aliphatic hydroxyl groups excluding tert-OH is 1. The lowest BCUT2D eigenvalue weighted by molar-refractivity contribution is 0.125. The molecule has 6 heteroatoms. The van der Waals surface area contributed by atoms with E-state index >= 15 is 0 Å². The fourth-order valence-electron chi connectivity index (χ4n) is 1.87. The monoisotopic (exact) mass is 267 g/mol. The minimum absolute atomic E-state index is 0.221. The van der Waals surface area contributed by atoms with E-state index in [0.717, 1.165) is 5.56 Å². The Bertz CT molecular complexity index is 460. The van der Waals surface area contributed by atoms with Crippen molar-refractivity contribution in [1.29, 1.82) is 0 Å². The Kier molecular flexibility index (Phi) is 4.11. The van der Waals surface area contributed by atoms with Crippen molar-refractivity contribution in [3.63, 3.8) is 0 Å². The smallest absolute Gasteiger partial charge is 0.407 e. The first-order chi connectivity index (χ1) is 9.10. The molecule has 1 aliphatic heterocycles. The number of carbonyl (C=O) groups excluding carboxylic acids is 1. The first kappa shape index (κ1) is 13.5. The first-order valence-electron chi connectivity index (χ1n) is 6.01. The Morgan fingerprint density at radius 2 is 2.21 bits per heavy atom. The lowest BCUT2D eigenvalue weighted by Gasteiger charge is -2.20. The average molecular weight is 267 g/mol. The standard InChI is InChI=1S/C13H17NO5/c1-8(15)10(14-13(16)17-2)5-9-3-4-11-12(6-9)19-7-18-11/h3-4,6,8,10,15H,5,7H2,1-2H3,(H,14,16). The van der Waals surface area contributed by atoms with E-state index < -0.39 is 18.2 Å². The van der Waals surface area contributed by atoms with Crippen LogP contribution in [0.1, 0.15) is 12.5 Å². The van der Waals surface area contributed by atoms with Gasteiger partial charge in [-0.1, -0.05) is 6.07 Å². The summed E-state index contributed by atoms with van der Waals surface area (Å²) in [6, 6.07) is 5.11. The van der Waals surface area contributed by atoms with Gasteiger partial charge in [-0.05, 0) is 31.0 Å². The Labute approximate surface area is 111 Å². The van der Waals surface area contributed by atoms with Crippen LogP contribution in [0.5, 0.6) is 11.5 Å². The molecule has 0 aromatic heterocycles. The van der Waals surface area contributed by atoms with Crippen molar-refractivity contribution in [2.45, 2.75) is 25.5 Å². The van der Waals surface area contributed by atoms with Gasteiger partial charge in [0.25, 0.3) is 0 Å². The average Bonchev–Trinajstić information content (AvgIpc) is 2.85. The highest BCUT2D eigenvalue weighted by Gasteiger charge is 2.20. The maximum absolute atomic E-state index is 11.2. The zero-order valence-corrected chi connectivity index (χ0v) is 10.9. The zero-order chi connectivity index (χ0) is 13.8. The molecule has 2 rings (SSSR count). The van der Waals surface area contributed by atoms with Gasteiger partial charge in [-0.25, -0.2) is 4.79 Å². The van der Waals surface area contributed by atoms with Crippen molar-refractivity contribution >= 4 is 6.09 Å². The van der Waals surface area contributed by atoms with E-state index in [-0.39, 0.29) is 6.79 Å². The number of ether oxygens (including phenoxy) is 3. The van der Waals surface area contributed by atoms with Crippen LogP contribution in [0.25, 0.3) is 0 Å². The van der Waals surface area contributed by atoms with Crippen LogP contribution in [0.2, 0.25) is 0 Å². The number of fused-ring (bicyclic) bond motifs is 1. The molecule has 0 saturated heterocycles. The molecule has 2 unspecified atom stereocenters. The van der Waals surface area contributed by atoms with Crippen molar-refractivity contribution in [2.24, 2.45) is 0 Å². The van der Waals surface area contributed by atoms with Crippen LogP contribution in [-0.4, -0.2) is 37.2 Å². The number of hydrogen-bond donors (Lipinski definition) is 2. The number of hydrogen-bond acceptors (Lipinski definition) is 5. The van der Waals surface area contributed by atoms with Gasteiger partial charge < -0.3 is 24.6 Å². The lowest BCUT2D eigenvalue weighted by Crippen LogP contribution is -2.43. The minimum atomic E-state index is -0.690. The van der Waals surface area contributed by atoms with Gasteiger partial charge in [0.1, 0.15) is 0 Å². The quantitative estimate of drug-likeness (QED) is 0.853. The summed E-state index contributed by atoms with van der Waals surface area (Å²) >= 11 is 0. The Morgan fingerprint density at radius 3 is 2.89 bits per heavy atom. The molecule has 2 atom stereocenters. The highest BCUT2D eigenvalue weighted by Crippen LogP contribution is 2.32. The van der Waals surface area contributed by atoms with Crippen molar-refractivity contribution in [1.82, 2.24) is 5.32 Å². The third kappa shape index (κ3) is 3.29. The van der Waals surface area contributed by atoms with Gasteiger partial charge in [0.15, 0.2) is 11.5 Å². The Balaban J connectivity index is 2.06. The molecule has 6 nitrogen and oxygen atoms in total. The van der Waals surface area contributed by atoms with Crippen LogP contribution < -0.4 is 14.8 Å². The second kappa shape index (κ2) is 5.79. The Morgan fingerprint density at radius 1 is 1.47 bits per heavy atom. The summed E-state index contributed by atoms with van der Waals surface area (Å²) in [5.41, 5.74) is 0.937. The third-order valence-electron chi connectivity index (χ3n) is 2.96. The number of carbonyl (C=O) groups is 1. The van der Waals surface area contributed by atoms with Gasteiger partial charge >= 0.3 is 6.09 Å². The molecule has 0 spiro atoms. The molecular formula is C13H17NO5. The summed E-state index contributed by atoms with van der Waals surface area (Å²) in [7, 11) is 1.29. The van der Waals surface area contributed by atoms with Gasteiger partial charge in [-0.3, -0.25) is 0 Å². The summed E-state index contributed by atoms with van der Waals surface area (Å²) in [6.07, 6.45) is -0.778. The van der Waals surface area contributed by atoms with E-state index in [9.17, 15) is 9.90 Å². The van der Waals surface area contributed by atoms with Crippen molar-refractivity contribution < 1.29 is 24.1 Å². The second-order valence-corrected chi connectivity index (χ2v) is 4.37. The minimum Gasteiger partial charge on any atom is -0.454 e. The fraction of sp³-hybridized carbons (Fsp3) is 0.462. The maximum Gasteiger partial charge on any atom is 0.407 e. The van der Waals surface area contributed by atoms with E-state index in [1.807, 2.05) is 18.2 Å². The van der Waals surface area contributed by atoms with Gasteiger partial charge in [-0.2, -0.15) is 0 Å². The summed E-state index contributed by atoms with van der Waals surface area (Å²) < 4.78 is 15.0. The molecule has 104 valence electrons. The highest BCUT2D eigenvalue weighted by molar-refractivity contribution is 5.67. The van der Waals surface area contributed by atoms with Crippen LogP contribution in [0.15, 0.2) is 18.2 Å². The number of methoxy groups -OCH3 is 1. The number of aliphatic hydroxyl groups is 1. The van der Waals surface area contributed by atoms with E-state index in [0.29, 0.717) is 17.9 Å². The van der Waals surface area contributed by atoms with E-state index in [4.69, 9.17) is 9.47 Å². The Hall–Kier alpha value is -1.95. The largest absolute Gasteiger partial charge is 0.454 e. The normalized spacial score (nSPS) is 15.7. The molecule has 0 saturated carbocycles. The van der Waals surface area contributed by atoms with E-state index in [1.54, 1.807) is 6.92 Å². The molecule has 1 aliphatic rings. The molecule has 1 amide bonds. The van der Waals surface area contributed by atoms with Crippen molar-refractivity contribution in [3.8, 4) is 11.5 Å². The lowest BCUT2D eigenvalue weighted by atomic mass is 10.0. The third-order valence-corrected chi connectivity index (χ3v) is 2.96. The predicted molar refractivity (Wildman–Crippen MR) is 67.3 cm³/mol. The summed E-state index contributed by atoms with van der Waals surface area (Å²) in [5.74, 6) is 1.39. The molecule has 1 aromatic carbocycles. The van der Waals surface area contributed by atoms with E-state index in [1.165, 1.54) is 7.11 Å². The number of benzene rings is 1. The van der Waals surface area contributed by atoms with Gasteiger partial charge in [0, 0.05) is 0 Å². The molecule has 0 aliphatic carbocycles. The van der Waals surface area contributed by atoms with Gasteiger partial charge in [-0.15, -0.1) is 0 Å². The summed E-state index contributed by atoms with van der Waals surface area (Å²) in [6.45, 7) is 1.84. The molecule has 1 aromatic rings. The molecule has 2 N–H and O–H groups in total. The van der Waals surface area contributed by atoms with Gasteiger partial charge in [0.2, 0.25) is 6.79 Å². The molecule has 0 fully saturated rings. The molecule has 1 heterocycles. The maximum atomic E-state index is 11.2. The highest BCUT2D eigenvalue weighted by atomic mass is 16.7. The van der Waals surface area contributed by atoms with Crippen LogP contribution in [-0.2, 0) is 11.2 Å². The van der Waals surface area contributed by atoms with Gasteiger partial charge in [0.05, 0.1) is 19.3 Å². The molecule has 19 heavy (non-hydrogen) atoms. The van der Waals surface area contributed by atoms with Crippen LogP contribution >= 0.6 is 0 Å². The zero-order valence-electron chi connectivity index (χ0n) is 10.9. The second-order valence-electron chi connectivity index (χ2n) is 4.37. The molecule has 0 bridgehead atoms. The number of alkyl carbamates (subject to hydrolysis) is 1. The van der Waals surface area contributed by atoms with Crippen molar-refractivity contribution in [3.05, 3.63) is 23.8 Å². The number of nitrogens with one attached hydrogen (secondary N) is 1. The molecular weight excluding hydrogens is 250 g/mol. The van der Waals surface area contributed by atoms with Crippen LogP contribution in [0, 0.1) is 0 Å². The molecule has 0 radical (unpaired) electrons. The van der Waals surface area contributed by atoms with Crippen molar-refractivity contribution in [2.75, 3.05) is 13.9 Å². The topological polar surface area (TPSA) is 77.0 Å². The van der Waals surface area contributed by atoms with Crippen LogP contribution in [0.4, 0.5) is 4.79 Å².